The van der Waals surface area contributed by atoms with E-state index in [-0.39, 0.29) is 5.92 Å². The summed E-state index contributed by atoms with van der Waals surface area (Å²) in [5.74, 6) is 5.56. The number of amides is 2. The third-order valence-corrected chi connectivity index (χ3v) is 2.50. The summed E-state index contributed by atoms with van der Waals surface area (Å²) < 4.78 is 5.18. The molecule has 0 aliphatic rings. The number of carbonyl (C=O) groups is 2. The van der Waals surface area contributed by atoms with Gasteiger partial charge in [-0.1, -0.05) is 13.8 Å². The van der Waals surface area contributed by atoms with Gasteiger partial charge in [-0.25, -0.2) is 20.7 Å². The van der Waals surface area contributed by atoms with Gasteiger partial charge in [0.25, 0.3) is 5.91 Å². The molecule has 0 rings (SSSR count). The number of rotatable bonds is 5. The van der Waals surface area contributed by atoms with Gasteiger partial charge in [-0.2, -0.15) is 0 Å². The number of hydrogen-bond acceptors (Lipinski definition) is 5. The highest BCUT2D eigenvalue weighted by atomic mass is 16.7. The van der Waals surface area contributed by atoms with Crippen LogP contribution in [-0.2, 0) is 14.4 Å². The van der Waals surface area contributed by atoms with E-state index in [4.69, 9.17) is 15.4 Å². The lowest BCUT2D eigenvalue weighted by Crippen LogP contribution is -2.55. The molecule has 7 nitrogen and oxygen atoms in total. The molecule has 0 radical (unpaired) electrons. The van der Waals surface area contributed by atoms with E-state index in [9.17, 15) is 9.59 Å². The van der Waals surface area contributed by atoms with Crippen LogP contribution in [0.15, 0.2) is 0 Å². The SMILES string of the molecule is CON(C)C(=O)[C@H](CC(C)C)N(N)C(=O)OC(C)(C)C. The standard InChI is InChI=1S/C13H27N3O4/c1-9(2)8-10(11(17)15(6)19-7)16(14)12(18)20-13(3,4)5/h9-10H,8,14H2,1-7H3/t10-/m0/s1. The number of nitrogens with two attached hydrogens (primary N) is 1. The second kappa shape index (κ2) is 7.44. The normalized spacial score (nSPS) is 13.1. The molecule has 2 N–H and O–H groups in total. The molecule has 0 saturated carbocycles. The van der Waals surface area contributed by atoms with Crippen LogP contribution < -0.4 is 5.84 Å². The van der Waals surface area contributed by atoms with Gasteiger partial charge in [-0.3, -0.25) is 9.63 Å². The maximum atomic E-state index is 12.2. The van der Waals surface area contributed by atoms with E-state index in [2.05, 4.69) is 0 Å². The molecule has 0 aliphatic heterocycles. The monoisotopic (exact) mass is 289 g/mol. The largest absolute Gasteiger partial charge is 0.443 e. The molecule has 0 aromatic heterocycles. The fourth-order valence-corrected chi connectivity index (χ4v) is 1.52. The van der Waals surface area contributed by atoms with Gasteiger partial charge in [0.1, 0.15) is 11.6 Å². The van der Waals surface area contributed by atoms with E-state index >= 15 is 0 Å². The Morgan fingerprint density at radius 2 is 1.75 bits per heavy atom. The van der Waals surface area contributed by atoms with E-state index in [0.29, 0.717) is 6.42 Å². The number of ether oxygens (including phenoxy) is 1. The Morgan fingerprint density at radius 1 is 1.25 bits per heavy atom. The average Bonchev–Trinajstić information content (AvgIpc) is 2.30. The summed E-state index contributed by atoms with van der Waals surface area (Å²) in [7, 11) is 2.84. The van der Waals surface area contributed by atoms with Crippen LogP contribution in [0.3, 0.4) is 0 Å². The van der Waals surface area contributed by atoms with Gasteiger partial charge in [0.05, 0.1) is 7.11 Å². The zero-order valence-electron chi connectivity index (χ0n) is 13.5. The van der Waals surface area contributed by atoms with Crippen molar-refractivity contribution in [2.45, 2.75) is 52.7 Å². The Hall–Kier alpha value is -1.34. The fourth-order valence-electron chi connectivity index (χ4n) is 1.52. The average molecular weight is 289 g/mol. The van der Waals surface area contributed by atoms with Gasteiger partial charge in [0, 0.05) is 7.05 Å². The van der Waals surface area contributed by atoms with Gasteiger partial charge in [0.2, 0.25) is 0 Å². The zero-order chi connectivity index (χ0) is 16.1. The summed E-state index contributed by atoms with van der Waals surface area (Å²) in [5.41, 5.74) is -0.673. The molecule has 1 atom stereocenters. The van der Waals surface area contributed by atoms with Crippen LogP contribution >= 0.6 is 0 Å². The molecule has 118 valence electrons. The lowest BCUT2D eigenvalue weighted by molar-refractivity contribution is -0.175. The molecular formula is C13H27N3O4. The molecule has 0 fully saturated rings. The lowest BCUT2D eigenvalue weighted by Gasteiger charge is -2.31. The van der Waals surface area contributed by atoms with Crippen molar-refractivity contribution in [3.05, 3.63) is 0 Å². The van der Waals surface area contributed by atoms with Crippen molar-refractivity contribution in [1.29, 1.82) is 0 Å². The minimum absolute atomic E-state index is 0.183. The van der Waals surface area contributed by atoms with Crippen molar-refractivity contribution in [3.63, 3.8) is 0 Å². The quantitative estimate of drug-likeness (QED) is 0.471. The Kier molecular flexibility index (Phi) is 6.95. The summed E-state index contributed by atoms with van der Waals surface area (Å²) in [6.07, 6.45) is -0.316. The molecule has 0 saturated heterocycles. The number of hydrogen-bond donors (Lipinski definition) is 1. The van der Waals surface area contributed by atoms with Crippen LogP contribution in [0.1, 0.15) is 41.0 Å². The first-order valence-electron chi connectivity index (χ1n) is 6.58. The van der Waals surface area contributed by atoms with Gasteiger partial charge < -0.3 is 4.74 Å². The van der Waals surface area contributed by atoms with Crippen LogP contribution in [0.25, 0.3) is 0 Å². The molecular weight excluding hydrogens is 262 g/mol. The van der Waals surface area contributed by atoms with E-state index in [1.807, 2.05) is 13.8 Å². The molecule has 0 aromatic carbocycles. The highest BCUT2D eigenvalue weighted by Gasteiger charge is 2.33. The van der Waals surface area contributed by atoms with E-state index in [1.165, 1.54) is 14.2 Å². The van der Waals surface area contributed by atoms with Crippen molar-refractivity contribution >= 4 is 12.0 Å². The second-order valence-corrected chi connectivity index (χ2v) is 6.05. The predicted octanol–water partition coefficient (Wildman–Crippen LogP) is 1.53. The third-order valence-electron chi connectivity index (χ3n) is 2.50. The Bertz CT molecular complexity index is 339. The minimum atomic E-state index is -0.824. The summed E-state index contributed by atoms with van der Waals surface area (Å²) in [6, 6.07) is -0.824. The molecule has 0 heterocycles. The van der Waals surface area contributed by atoms with Gasteiger partial charge in [0.15, 0.2) is 0 Å². The number of nitrogens with zero attached hydrogens (tertiary/aromatic N) is 2. The van der Waals surface area contributed by atoms with Crippen LogP contribution in [0.5, 0.6) is 0 Å². The fraction of sp³-hybridized carbons (Fsp3) is 0.846. The van der Waals surface area contributed by atoms with Crippen LogP contribution in [-0.4, -0.2) is 47.9 Å². The zero-order valence-corrected chi connectivity index (χ0v) is 13.5. The smallest absolute Gasteiger partial charge is 0.425 e. The third kappa shape index (κ3) is 6.21. The van der Waals surface area contributed by atoms with Crippen LogP contribution in [0.4, 0.5) is 4.79 Å². The van der Waals surface area contributed by atoms with Crippen LogP contribution in [0, 0.1) is 5.92 Å². The number of carbonyl (C=O) groups excluding carboxylic acids is 2. The maximum absolute atomic E-state index is 12.2. The first-order chi connectivity index (χ1) is 8.99. The molecule has 0 unspecified atom stereocenters. The van der Waals surface area contributed by atoms with Crippen molar-refractivity contribution in [2.75, 3.05) is 14.2 Å². The highest BCUT2D eigenvalue weighted by molar-refractivity contribution is 5.84. The van der Waals surface area contributed by atoms with E-state index < -0.39 is 23.6 Å². The van der Waals surface area contributed by atoms with Gasteiger partial charge in [-0.15, -0.1) is 0 Å². The van der Waals surface area contributed by atoms with Gasteiger partial charge >= 0.3 is 6.09 Å². The van der Waals surface area contributed by atoms with Gasteiger partial charge in [-0.05, 0) is 33.1 Å². The lowest BCUT2D eigenvalue weighted by atomic mass is 10.0. The summed E-state index contributed by atoms with van der Waals surface area (Å²) >= 11 is 0. The summed E-state index contributed by atoms with van der Waals surface area (Å²) in [4.78, 5) is 29.0. The number of hydrazine groups is 1. The molecule has 0 spiro atoms. The molecule has 0 aromatic rings. The highest BCUT2D eigenvalue weighted by Crippen LogP contribution is 2.15. The van der Waals surface area contributed by atoms with E-state index in [1.54, 1.807) is 20.8 Å². The van der Waals surface area contributed by atoms with Crippen molar-refractivity contribution in [2.24, 2.45) is 11.8 Å². The van der Waals surface area contributed by atoms with Crippen molar-refractivity contribution < 1.29 is 19.2 Å². The van der Waals surface area contributed by atoms with Crippen molar-refractivity contribution in [3.8, 4) is 0 Å². The second-order valence-electron chi connectivity index (χ2n) is 6.05. The first kappa shape index (κ1) is 18.7. The topological polar surface area (TPSA) is 85.1 Å². The predicted molar refractivity (Wildman–Crippen MR) is 75.3 cm³/mol. The van der Waals surface area contributed by atoms with Crippen LogP contribution in [0.2, 0.25) is 0 Å². The molecule has 20 heavy (non-hydrogen) atoms. The number of likely N-dealkylation sites (N-methyl/N-ethyl adjacent to an activating group) is 1. The first-order valence-corrected chi connectivity index (χ1v) is 6.58. The molecule has 2 amide bonds. The Balaban J connectivity index is 5.03. The summed E-state index contributed by atoms with van der Waals surface area (Å²) in [5, 5.41) is 1.89. The molecule has 0 bridgehead atoms. The number of hydroxylamine groups is 2. The Labute approximate surface area is 120 Å². The molecule has 7 heteroatoms. The van der Waals surface area contributed by atoms with Crippen molar-refractivity contribution in [1.82, 2.24) is 10.1 Å². The van der Waals surface area contributed by atoms with E-state index in [0.717, 1.165) is 10.1 Å². The summed E-state index contributed by atoms with van der Waals surface area (Å²) in [6.45, 7) is 9.09. The molecule has 0 aliphatic carbocycles. The Morgan fingerprint density at radius 3 is 2.10 bits per heavy atom. The maximum Gasteiger partial charge on any atom is 0.425 e. The minimum Gasteiger partial charge on any atom is -0.443 e.